The quantitative estimate of drug-likeness (QED) is 0.895. The van der Waals surface area contributed by atoms with E-state index in [2.05, 4.69) is 10.1 Å². The molecule has 2 atom stereocenters. The molecule has 1 aromatic rings. The van der Waals surface area contributed by atoms with E-state index in [9.17, 15) is 13.6 Å². The van der Waals surface area contributed by atoms with E-state index in [1.54, 1.807) is 18.0 Å². The number of hydrogen-bond acceptors (Lipinski definition) is 4. The molecule has 1 aromatic carbocycles. The third-order valence-electron chi connectivity index (χ3n) is 4.94. The average Bonchev–Trinajstić information content (AvgIpc) is 2.91. The molecule has 0 aliphatic carbocycles. The van der Waals surface area contributed by atoms with Crippen LogP contribution in [0.4, 0.5) is 8.78 Å². The Morgan fingerprint density at radius 3 is 2.50 bits per heavy atom. The fourth-order valence-corrected chi connectivity index (χ4v) is 3.71. The second-order valence-corrected chi connectivity index (χ2v) is 6.42. The van der Waals surface area contributed by atoms with Crippen LogP contribution in [0.2, 0.25) is 0 Å². The summed E-state index contributed by atoms with van der Waals surface area (Å²) in [5.74, 6) is -0.144. The molecule has 0 aromatic heterocycles. The van der Waals surface area contributed by atoms with Crippen molar-refractivity contribution in [1.82, 2.24) is 10.2 Å². The summed E-state index contributed by atoms with van der Waals surface area (Å²) in [6.45, 7) is -2.97. The Balaban J connectivity index is 1.76. The standard InChI is InChI=1S/C17H22F2N2O3/c1-21(13-8-11-4-5-12(9-13)20-11)16(22)10-3-6-14(23-2)15(7-10)24-17(18)19/h3,6-7,11-13,17,20H,4-5,8-9H2,1-2H3. The molecule has 1 amide bonds. The summed E-state index contributed by atoms with van der Waals surface area (Å²) in [6, 6.07) is 5.48. The number of amides is 1. The number of nitrogens with one attached hydrogen (secondary N) is 1. The Bertz CT molecular complexity index is 599. The van der Waals surface area contributed by atoms with Crippen LogP contribution in [-0.2, 0) is 0 Å². The maximum Gasteiger partial charge on any atom is 0.387 e. The Hall–Kier alpha value is -1.89. The molecule has 1 N–H and O–H groups in total. The summed E-state index contributed by atoms with van der Waals surface area (Å²) in [5, 5.41) is 3.54. The molecule has 3 rings (SSSR count). The lowest BCUT2D eigenvalue weighted by Crippen LogP contribution is -2.48. The van der Waals surface area contributed by atoms with Crippen molar-refractivity contribution in [2.24, 2.45) is 0 Å². The second kappa shape index (κ2) is 6.93. The van der Waals surface area contributed by atoms with Crippen LogP contribution in [-0.4, -0.2) is 49.7 Å². The van der Waals surface area contributed by atoms with Gasteiger partial charge in [-0.1, -0.05) is 0 Å². The van der Waals surface area contributed by atoms with E-state index in [-0.39, 0.29) is 23.4 Å². The van der Waals surface area contributed by atoms with Crippen LogP contribution in [0.25, 0.3) is 0 Å². The number of methoxy groups -OCH3 is 1. The monoisotopic (exact) mass is 340 g/mol. The molecule has 2 saturated heterocycles. The van der Waals surface area contributed by atoms with Gasteiger partial charge in [-0.2, -0.15) is 8.78 Å². The third-order valence-corrected chi connectivity index (χ3v) is 4.94. The summed E-state index contributed by atoms with van der Waals surface area (Å²) in [4.78, 5) is 14.5. The molecule has 0 radical (unpaired) electrons. The molecule has 2 bridgehead atoms. The Morgan fingerprint density at radius 2 is 1.92 bits per heavy atom. The van der Waals surface area contributed by atoms with E-state index in [0.29, 0.717) is 17.6 Å². The molecule has 2 aliphatic rings. The summed E-state index contributed by atoms with van der Waals surface area (Å²) in [6.07, 6.45) is 4.15. The predicted molar refractivity (Wildman–Crippen MR) is 84.7 cm³/mol. The van der Waals surface area contributed by atoms with Gasteiger partial charge in [-0.05, 0) is 43.9 Å². The van der Waals surface area contributed by atoms with Crippen LogP contribution in [0.1, 0.15) is 36.0 Å². The zero-order valence-electron chi connectivity index (χ0n) is 13.8. The van der Waals surface area contributed by atoms with Crippen LogP contribution >= 0.6 is 0 Å². The molecule has 2 heterocycles. The smallest absolute Gasteiger partial charge is 0.387 e. The van der Waals surface area contributed by atoms with Crippen LogP contribution in [0, 0.1) is 0 Å². The van der Waals surface area contributed by atoms with Gasteiger partial charge in [0.05, 0.1) is 7.11 Å². The maximum absolute atomic E-state index is 12.7. The minimum Gasteiger partial charge on any atom is -0.493 e. The fraction of sp³-hybridized carbons (Fsp3) is 0.588. The number of rotatable bonds is 5. The summed E-state index contributed by atoms with van der Waals surface area (Å²) in [7, 11) is 3.14. The third kappa shape index (κ3) is 3.45. The van der Waals surface area contributed by atoms with E-state index in [4.69, 9.17) is 4.74 Å². The largest absolute Gasteiger partial charge is 0.493 e. The van der Waals surface area contributed by atoms with E-state index >= 15 is 0 Å². The molecule has 24 heavy (non-hydrogen) atoms. The molecule has 2 unspecified atom stereocenters. The van der Waals surface area contributed by atoms with E-state index in [0.717, 1.165) is 25.7 Å². The second-order valence-electron chi connectivity index (χ2n) is 6.42. The van der Waals surface area contributed by atoms with Crippen molar-refractivity contribution in [3.63, 3.8) is 0 Å². The molecule has 5 nitrogen and oxygen atoms in total. The van der Waals surface area contributed by atoms with Crippen LogP contribution in [0.3, 0.4) is 0 Å². The maximum atomic E-state index is 12.7. The van der Waals surface area contributed by atoms with Gasteiger partial charge in [0, 0.05) is 30.7 Å². The van der Waals surface area contributed by atoms with Crippen molar-refractivity contribution in [3.05, 3.63) is 23.8 Å². The normalized spacial score (nSPS) is 25.6. The lowest BCUT2D eigenvalue weighted by molar-refractivity contribution is -0.0512. The first-order valence-electron chi connectivity index (χ1n) is 8.14. The van der Waals surface area contributed by atoms with Gasteiger partial charge in [-0.3, -0.25) is 4.79 Å². The molecule has 0 saturated carbocycles. The first-order valence-corrected chi connectivity index (χ1v) is 8.14. The molecule has 2 fully saturated rings. The highest BCUT2D eigenvalue weighted by Gasteiger charge is 2.36. The van der Waals surface area contributed by atoms with Crippen LogP contribution in [0.5, 0.6) is 11.5 Å². The zero-order chi connectivity index (χ0) is 17.3. The first-order chi connectivity index (χ1) is 11.5. The average molecular weight is 340 g/mol. The van der Waals surface area contributed by atoms with Crippen LogP contribution < -0.4 is 14.8 Å². The van der Waals surface area contributed by atoms with Gasteiger partial charge in [0.2, 0.25) is 0 Å². The number of benzene rings is 1. The molecule has 132 valence electrons. The lowest BCUT2D eigenvalue weighted by atomic mass is 9.98. The number of alkyl halides is 2. The van der Waals surface area contributed by atoms with E-state index < -0.39 is 6.61 Å². The number of carbonyl (C=O) groups excluding carboxylic acids is 1. The van der Waals surface area contributed by atoms with Crippen molar-refractivity contribution < 1.29 is 23.0 Å². The Kier molecular flexibility index (Phi) is 4.89. The van der Waals surface area contributed by atoms with Crippen molar-refractivity contribution in [2.75, 3.05) is 14.2 Å². The van der Waals surface area contributed by atoms with E-state index in [1.807, 2.05) is 0 Å². The first kappa shape index (κ1) is 17.0. The zero-order valence-corrected chi connectivity index (χ0v) is 13.8. The SMILES string of the molecule is COc1ccc(C(=O)N(C)C2CC3CCC(C2)N3)cc1OC(F)F. The number of fused-ring (bicyclic) bond motifs is 2. The Morgan fingerprint density at radius 1 is 1.25 bits per heavy atom. The summed E-state index contributed by atoms with van der Waals surface area (Å²) in [5.41, 5.74) is 0.319. The van der Waals surface area contributed by atoms with Crippen molar-refractivity contribution in [2.45, 2.75) is 50.4 Å². The van der Waals surface area contributed by atoms with Gasteiger partial charge < -0.3 is 19.7 Å². The molecule has 0 spiro atoms. The van der Waals surface area contributed by atoms with Crippen molar-refractivity contribution >= 4 is 5.91 Å². The number of carbonyl (C=O) groups is 1. The summed E-state index contributed by atoms with van der Waals surface area (Å²) >= 11 is 0. The highest BCUT2D eigenvalue weighted by Crippen LogP contribution is 2.32. The minimum absolute atomic E-state index is 0.128. The van der Waals surface area contributed by atoms with Gasteiger partial charge in [0.1, 0.15) is 0 Å². The highest BCUT2D eigenvalue weighted by molar-refractivity contribution is 5.95. The number of nitrogens with zero attached hydrogens (tertiary/aromatic N) is 1. The van der Waals surface area contributed by atoms with Crippen molar-refractivity contribution in [1.29, 1.82) is 0 Å². The number of ether oxygens (including phenoxy) is 2. The van der Waals surface area contributed by atoms with Crippen molar-refractivity contribution in [3.8, 4) is 11.5 Å². The highest BCUT2D eigenvalue weighted by atomic mass is 19.3. The van der Waals surface area contributed by atoms with Gasteiger partial charge in [0.15, 0.2) is 11.5 Å². The molecule has 7 heteroatoms. The number of hydrogen-bond donors (Lipinski definition) is 1. The molecule has 2 aliphatic heterocycles. The van der Waals surface area contributed by atoms with Gasteiger partial charge >= 0.3 is 6.61 Å². The lowest BCUT2D eigenvalue weighted by Gasteiger charge is -2.35. The Labute approximate surface area is 139 Å². The minimum atomic E-state index is -2.97. The molecular formula is C17H22F2N2O3. The van der Waals surface area contributed by atoms with Gasteiger partial charge in [-0.25, -0.2) is 0 Å². The topological polar surface area (TPSA) is 50.8 Å². The van der Waals surface area contributed by atoms with Gasteiger partial charge in [0.25, 0.3) is 5.91 Å². The molecular weight excluding hydrogens is 318 g/mol. The predicted octanol–water partition coefficient (Wildman–Crippen LogP) is 2.65. The number of piperidine rings is 1. The number of halogens is 2. The summed E-state index contributed by atoms with van der Waals surface area (Å²) < 4.78 is 34.5. The van der Waals surface area contributed by atoms with E-state index in [1.165, 1.54) is 19.2 Å². The fourth-order valence-electron chi connectivity index (χ4n) is 3.71. The van der Waals surface area contributed by atoms with Gasteiger partial charge in [-0.15, -0.1) is 0 Å². The van der Waals surface area contributed by atoms with Crippen LogP contribution in [0.15, 0.2) is 18.2 Å².